The number of halogens is 3. The predicted molar refractivity (Wildman–Crippen MR) is 107 cm³/mol. The summed E-state index contributed by atoms with van der Waals surface area (Å²) < 4.78 is 26.3. The van der Waals surface area contributed by atoms with Crippen molar-refractivity contribution in [3.63, 3.8) is 0 Å². The average Bonchev–Trinajstić information content (AvgIpc) is 2.65. The van der Waals surface area contributed by atoms with Crippen molar-refractivity contribution in [2.75, 3.05) is 24.3 Å². The Morgan fingerprint density at radius 1 is 1.07 bits per heavy atom. The van der Waals surface area contributed by atoms with Gasteiger partial charge in [-0.2, -0.15) is 4.98 Å². The first kappa shape index (κ1) is 21.8. The van der Waals surface area contributed by atoms with Crippen LogP contribution in [0.3, 0.4) is 0 Å². The van der Waals surface area contributed by atoms with Gasteiger partial charge >= 0.3 is 0 Å². The van der Waals surface area contributed by atoms with E-state index in [0.29, 0.717) is 5.95 Å². The zero-order valence-electron chi connectivity index (χ0n) is 15.8. The van der Waals surface area contributed by atoms with Crippen LogP contribution in [0.15, 0.2) is 30.5 Å². The lowest BCUT2D eigenvalue weighted by molar-refractivity contribution is 0.0926. The first-order valence-corrected chi connectivity index (χ1v) is 8.95. The topological polar surface area (TPSA) is 70.2 Å². The number of carbonyl (C=O) groups is 1. The maximum Gasteiger partial charge on any atom is 0.251 e. The maximum absolute atomic E-state index is 13.3. The Hall–Kier alpha value is -2.48. The van der Waals surface area contributed by atoms with Gasteiger partial charge in [-0.3, -0.25) is 4.79 Å². The lowest BCUT2D eigenvalue weighted by atomic mass is 9.91. The first-order chi connectivity index (χ1) is 12.9. The Kier molecular flexibility index (Phi) is 7.51. The quantitative estimate of drug-likeness (QED) is 0.789. The fourth-order valence-electron chi connectivity index (χ4n) is 3.14. The van der Waals surface area contributed by atoms with Crippen LogP contribution < -0.4 is 15.5 Å². The Morgan fingerprint density at radius 3 is 2.39 bits per heavy atom. The molecule has 2 aromatic rings. The minimum absolute atomic E-state index is 0. The van der Waals surface area contributed by atoms with E-state index in [1.165, 1.54) is 6.07 Å². The molecule has 1 fully saturated rings. The van der Waals surface area contributed by atoms with Crippen LogP contribution in [0, 0.1) is 11.6 Å². The highest BCUT2D eigenvalue weighted by molar-refractivity contribution is 5.94. The van der Waals surface area contributed by atoms with Crippen LogP contribution in [0.25, 0.3) is 0 Å². The van der Waals surface area contributed by atoms with Gasteiger partial charge in [-0.1, -0.05) is 0 Å². The van der Waals surface area contributed by atoms with Crippen LogP contribution in [0.4, 0.5) is 20.5 Å². The summed E-state index contributed by atoms with van der Waals surface area (Å²) in [6.45, 7) is 0. The molecular formula is C19H24ClF2N5O. The largest absolute Gasteiger partial charge is 0.363 e. The number of amides is 1. The van der Waals surface area contributed by atoms with E-state index in [9.17, 15) is 13.6 Å². The van der Waals surface area contributed by atoms with Gasteiger partial charge in [0.2, 0.25) is 5.95 Å². The molecule has 1 aromatic carbocycles. The number of hydrogen-bond acceptors (Lipinski definition) is 5. The fraction of sp³-hybridized carbons (Fsp3) is 0.421. The Balaban J connectivity index is 0.00000280. The second-order valence-corrected chi connectivity index (χ2v) is 6.93. The number of benzene rings is 1. The maximum atomic E-state index is 13.3. The third-order valence-electron chi connectivity index (χ3n) is 4.68. The van der Waals surface area contributed by atoms with Crippen molar-refractivity contribution in [2.45, 2.75) is 37.8 Å². The molecule has 9 heteroatoms. The summed E-state index contributed by atoms with van der Waals surface area (Å²) in [6, 6.07) is 5.27. The van der Waals surface area contributed by atoms with E-state index >= 15 is 0 Å². The molecule has 0 unspecified atom stereocenters. The van der Waals surface area contributed by atoms with Gasteiger partial charge in [-0.05, 0) is 49.9 Å². The number of carbonyl (C=O) groups excluding carboxylic acids is 1. The third kappa shape index (κ3) is 5.51. The van der Waals surface area contributed by atoms with Gasteiger partial charge in [0.1, 0.15) is 5.82 Å². The minimum Gasteiger partial charge on any atom is -0.363 e. The van der Waals surface area contributed by atoms with Gasteiger partial charge in [0.15, 0.2) is 11.6 Å². The fourth-order valence-corrected chi connectivity index (χ4v) is 3.14. The van der Waals surface area contributed by atoms with Gasteiger partial charge < -0.3 is 15.5 Å². The number of nitrogens with zero attached hydrogens (tertiary/aromatic N) is 3. The molecule has 0 aliphatic heterocycles. The molecule has 152 valence electrons. The molecule has 0 bridgehead atoms. The summed E-state index contributed by atoms with van der Waals surface area (Å²) in [6.07, 6.45) is 5.02. The highest BCUT2D eigenvalue weighted by Gasteiger charge is 2.23. The van der Waals surface area contributed by atoms with Crippen LogP contribution in [0.2, 0.25) is 0 Å². The zero-order chi connectivity index (χ0) is 19.4. The van der Waals surface area contributed by atoms with E-state index < -0.39 is 11.6 Å². The summed E-state index contributed by atoms with van der Waals surface area (Å²) in [7, 11) is 3.85. The number of hydrogen-bond donors (Lipinski definition) is 2. The molecule has 1 heterocycles. The highest BCUT2D eigenvalue weighted by atomic mass is 35.5. The molecule has 3 rings (SSSR count). The van der Waals surface area contributed by atoms with E-state index in [4.69, 9.17) is 0 Å². The third-order valence-corrected chi connectivity index (χ3v) is 4.68. The molecule has 0 atom stereocenters. The van der Waals surface area contributed by atoms with Crippen molar-refractivity contribution in [1.82, 2.24) is 15.3 Å². The summed E-state index contributed by atoms with van der Waals surface area (Å²) in [5.74, 6) is -0.933. The Bertz CT molecular complexity index is 813. The van der Waals surface area contributed by atoms with Crippen molar-refractivity contribution >= 4 is 30.1 Å². The minimum atomic E-state index is -1.02. The molecule has 0 saturated heterocycles. The number of rotatable bonds is 5. The predicted octanol–water partition coefficient (Wildman–Crippen LogP) is 3.40. The lowest BCUT2D eigenvalue weighted by Gasteiger charge is -2.29. The number of aromatic nitrogens is 2. The van der Waals surface area contributed by atoms with E-state index in [2.05, 4.69) is 20.6 Å². The smallest absolute Gasteiger partial charge is 0.251 e. The molecule has 1 aliphatic carbocycles. The van der Waals surface area contributed by atoms with Crippen LogP contribution in [-0.2, 0) is 0 Å². The molecule has 0 radical (unpaired) electrons. The Morgan fingerprint density at radius 2 is 1.75 bits per heavy atom. The second kappa shape index (κ2) is 9.64. The van der Waals surface area contributed by atoms with Crippen molar-refractivity contribution in [1.29, 1.82) is 0 Å². The molecule has 1 amide bonds. The zero-order valence-corrected chi connectivity index (χ0v) is 16.6. The number of anilines is 2. The van der Waals surface area contributed by atoms with Gasteiger partial charge in [0.25, 0.3) is 5.91 Å². The monoisotopic (exact) mass is 411 g/mol. The normalized spacial score (nSPS) is 18.7. The van der Waals surface area contributed by atoms with Gasteiger partial charge in [0.05, 0.1) is 0 Å². The van der Waals surface area contributed by atoms with Crippen LogP contribution in [0.5, 0.6) is 0 Å². The van der Waals surface area contributed by atoms with Crippen molar-refractivity contribution in [3.8, 4) is 0 Å². The average molecular weight is 412 g/mol. The summed E-state index contributed by atoms with van der Waals surface area (Å²) in [4.78, 5) is 22.8. The van der Waals surface area contributed by atoms with E-state index in [0.717, 1.165) is 43.6 Å². The molecule has 0 spiro atoms. The highest BCUT2D eigenvalue weighted by Crippen LogP contribution is 2.22. The number of nitrogens with one attached hydrogen (secondary N) is 2. The lowest BCUT2D eigenvalue weighted by Crippen LogP contribution is -2.40. The first-order valence-electron chi connectivity index (χ1n) is 8.95. The van der Waals surface area contributed by atoms with Crippen LogP contribution in [-0.4, -0.2) is 42.1 Å². The Labute approximate surface area is 169 Å². The second-order valence-electron chi connectivity index (χ2n) is 6.93. The van der Waals surface area contributed by atoms with E-state index in [1.54, 1.807) is 6.20 Å². The van der Waals surface area contributed by atoms with E-state index in [1.807, 2.05) is 25.1 Å². The van der Waals surface area contributed by atoms with Crippen LogP contribution >= 0.6 is 12.4 Å². The summed E-state index contributed by atoms with van der Waals surface area (Å²) >= 11 is 0. The van der Waals surface area contributed by atoms with E-state index in [-0.39, 0.29) is 36.0 Å². The van der Waals surface area contributed by atoms with Crippen molar-refractivity contribution in [2.24, 2.45) is 0 Å². The molecule has 28 heavy (non-hydrogen) atoms. The van der Waals surface area contributed by atoms with Crippen molar-refractivity contribution < 1.29 is 13.6 Å². The summed E-state index contributed by atoms with van der Waals surface area (Å²) in [5.41, 5.74) is 0.128. The standard InChI is InChI=1S/C19H23F2N5O.ClH/c1-26(2)17-9-10-22-19(25-17)24-14-6-4-13(5-7-14)23-18(27)12-3-8-15(20)16(21)11-12;/h3,8-11,13-14H,4-7H2,1-2H3,(H,23,27)(H,22,24,25);1H. The van der Waals surface area contributed by atoms with Gasteiger partial charge in [0, 0.05) is 37.9 Å². The molecule has 1 saturated carbocycles. The molecular weight excluding hydrogens is 388 g/mol. The molecule has 6 nitrogen and oxygen atoms in total. The molecule has 1 aliphatic rings. The van der Waals surface area contributed by atoms with Gasteiger partial charge in [-0.15, -0.1) is 12.4 Å². The summed E-state index contributed by atoms with van der Waals surface area (Å²) in [5, 5.41) is 6.24. The molecule has 2 N–H and O–H groups in total. The van der Waals surface area contributed by atoms with Crippen molar-refractivity contribution in [3.05, 3.63) is 47.7 Å². The van der Waals surface area contributed by atoms with Crippen LogP contribution in [0.1, 0.15) is 36.0 Å². The molecule has 1 aromatic heterocycles. The van der Waals surface area contributed by atoms with Gasteiger partial charge in [-0.25, -0.2) is 13.8 Å². The SMILES string of the molecule is CN(C)c1ccnc(NC2CCC(NC(=O)c3ccc(F)c(F)c3)CC2)n1.Cl.